The molecule has 0 amide bonds. The number of pyridine rings is 1. The van der Waals surface area contributed by atoms with Crippen LogP contribution in [0.4, 0.5) is 23.0 Å². The van der Waals surface area contributed by atoms with Crippen LogP contribution < -0.4 is 9.80 Å². The average molecular weight is 420 g/mol. The molecule has 2 aromatic carbocycles. The van der Waals surface area contributed by atoms with Crippen molar-refractivity contribution < 1.29 is 0 Å². The normalized spacial score (nSPS) is 17.8. The molecule has 0 saturated carbocycles. The number of para-hydroxylation sites is 1. The third-order valence-corrected chi connectivity index (χ3v) is 6.87. The SMILES string of the molecule is Cc1cc(N2c3nccnc3N3c4ccccc4C(C)(C)C23)cc(C)c1-c1ccncc1. The Hall–Kier alpha value is -3.73. The maximum Gasteiger partial charge on any atom is 0.178 e. The fourth-order valence-corrected chi connectivity index (χ4v) is 5.59. The molecule has 0 saturated heterocycles. The van der Waals surface area contributed by atoms with E-state index in [1.165, 1.54) is 33.5 Å². The van der Waals surface area contributed by atoms with Crippen molar-refractivity contribution in [3.05, 3.63) is 90.0 Å². The van der Waals surface area contributed by atoms with Crippen LogP contribution in [0.2, 0.25) is 0 Å². The van der Waals surface area contributed by atoms with Crippen LogP contribution in [0.1, 0.15) is 30.5 Å². The van der Waals surface area contributed by atoms with E-state index in [0.29, 0.717) is 0 Å². The predicted molar refractivity (Wildman–Crippen MR) is 129 cm³/mol. The molecule has 0 aliphatic carbocycles. The van der Waals surface area contributed by atoms with Crippen molar-refractivity contribution in [2.24, 2.45) is 0 Å². The molecule has 5 heteroatoms. The number of fused-ring (bicyclic) bond motifs is 5. The Morgan fingerprint density at radius 3 is 2.09 bits per heavy atom. The van der Waals surface area contributed by atoms with Crippen LogP contribution in [0, 0.1) is 13.8 Å². The molecule has 1 unspecified atom stereocenters. The fourth-order valence-electron chi connectivity index (χ4n) is 5.59. The molecular weight excluding hydrogens is 394 g/mol. The van der Waals surface area contributed by atoms with Crippen LogP contribution in [-0.2, 0) is 5.41 Å². The number of hydrogen-bond donors (Lipinski definition) is 0. The molecule has 32 heavy (non-hydrogen) atoms. The summed E-state index contributed by atoms with van der Waals surface area (Å²) in [7, 11) is 0. The van der Waals surface area contributed by atoms with Crippen LogP contribution in [0.25, 0.3) is 11.1 Å². The van der Waals surface area contributed by atoms with Crippen LogP contribution >= 0.6 is 0 Å². The predicted octanol–water partition coefficient (Wildman–Crippen LogP) is 6.06. The second-order valence-corrected chi connectivity index (χ2v) is 9.25. The summed E-state index contributed by atoms with van der Waals surface area (Å²) in [6.45, 7) is 9.01. The van der Waals surface area contributed by atoms with Crippen LogP contribution in [0.5, 0.6) is 0 Å². The molecule has 0 fully saturated rings. The zero-order valence-electron chi connectivity index (χ0n) is 18.7. The number of nitrogens with zero attached hydrogens (tertiary/aromatic N) is 5. The summed E-state index contributed by atoms with van der Waals surface area (Å²) in [4.78, 5) is 18.5. The Morgan fingerprint density at radius 2 is 1.41 bits per heavy atom. The Morgan fingerprint density at radius 1 is 0.781 bits per heavy atom. The molecule has 2 aliphatic rings. The standard InChI is InChI=1S/C27H25N5/c1-17-15-20(16-18(2)23(17)19-9-11-28-12-10-19)31-24-25(30-14-13-29-24)32-22-8-6-5-7-21(22)27(3,4)26(31)32/h5-16,26H,1-4H3. The monoisotopic (exact) mass is 419 g/mol. The van der Waals surface area contributed by atoms with Crippen molar-refractivity contribution in [2.75, 3.05) is 9.80 Å². The average Bonchev–Trinajstić information content (AvgIpc) is 3.26. The van der Waals surface area contributed by atoms with Gasteiger partial charge in [-0.25, -0.2) is 9.97 Å². The number of aryl methyl sites for hydroxylation is 2. The molecule has 2 aliphatic heterocycles. The van der Waals surface area contributed by atoms with E-state index in [9.17, 15) is 0 Å². The number of anilines is 4. The molecule has 5 nitrogen and oxygen atoms in total. The first-order valence-electron chi connectivity index (χ1n) is 11.0. The number of rotatable bonds is 2. The van der Waals surface area contributed by atoms with Gasteiger partial charge in [0.15, 0.2) is 11.6 Å². The molecule has 6 rings (SSSR count). The minimum absolute atomic E-state index is 0.0721. The number of hydrogen-bond acceptors (Lipinski definition) is 5. The summed E-state index contributed by atoms with van der Waals surface area (Å²) in [5.74, 6) is 1.83. The topological polar surface area (TPSA) is 45.2 Å². The minimum Gasteiger partial charge on any atom is -0.301 e. The Labute approximate surface area is 188 Å². The minimum atomic E-state index is -0.107. The first-order chi connectivity index (χ1) is 15.5. The zero-order valence-corrected chi connectivity index (χ0v) is 18.7. The van der Waals surface area contributed by atoms with Gasteiger partial charge >= 0.3 is 0 Å². The van der Waals surface area contributed by atoms with E-state index in [0.717, 1.165) is 17.3 Å². The summed E-state index contributed by atoms with van der Waals surface area (Å²) in [5, 5.41) is 0. The Kier molecular flexibility index (Phi) is 3.94. The summed E-state index contributed by atoms with van der Waals surface area (Å²) in [5.41, 5.74) is 8.53. The van der Waals surface area contributed by atoms with Crippen molar-refractivity contribution in [1.82, 2.24) is 15.0 Å². The summed E-state index contributed by atoms with van der Waals surface area (Å²) < 4.78 is 0. The van der Waals surface area contributed by atoms with Gasteiger partial charge in [0.2, 0.25) is 0 Å². The van der Waals surface area contributed by atoms with E-state index in [4.69, 9.17) is 9.97 Å². The second-order valence-electron chi connectivity index (χ2n) is 9.25. The molecule has 2 aromatic heterocycles. The van der Waals surface area contributed by atoms with Gasteiger partial charge < -0.3 is 9.80 Å². The van der Waals surface area contributed by atoms with Crippen molar-refractivity contribution in [2.45, 2.75) is 39.3 Å². The highest BCUT2D eigenvalue weighted by molar-refractivity contribution is 5.89. The molecule has 158 valence electrons. The molecular formula is C27H25N5. The lowest BCUT2D eigenvalue weighted by molar-refractivity contribution is 0.449. The van der Waals surface area contributed by atoms with E-state index >= 15 is 0 Å². The maximum absolute atomic E-state index is 4.79. The van der Waals surface area contributed by atoms with Gasteiger partial charge in [-0.2, -0.15) is 0 Å². The first-order valence-corrected chi connectivity index (χ1v) is 11.0. The molecule has 0 radical (unpaired) electrons. The lowest BCUT2D eigenvalue weighted by Crippen LogP contribution is -2.46. The van der Waals surface area contributed by atoms with E-state index < -0.39 is 0 Å². The maximum atomic E-state index is 4.79. The smallest absolute Gasteiger partial charge is 0.178 e. The van der Waals surface area contributed by atoms with E-state index in [1.807, 2.05) is 12.4 Å². The molecule has 0 N–H and O–H groups in total. The summed E-state index contributed by atoms with van der Waals surface area (Å²) in [6, 6.07) is 17.4. The van der Waals surface area contributed by atoms with Gasteiger partial charge in [-0.15, -0.1) is 0 Å². The van der Waals surface area contributed by atoms with Gasteiger partial charge in [0, 0.05) is 41.6 Å². The van der Waals surface area contributed by atoms with Gasteiger partial charge in [-0.3, -0.25) is 4.98 Å². The molecule has 4 heterocycles. The number of aromatic nitrogens is 3. The van der Waals surface area contributed by atoms with Crippen molar-refractivity contribution >= 4 is 23.0 Å². The van der Waals surface area contributed by atoms with Crippen LogP contribution in [-0.4, -0.2) is 21.1 Å². The highest BCUT2D eigenvalue weighted by Gasteiger charge is 2.54. The van der Waals surface area contributed by atoms with Gasteiger partial charge in [-0.05, 0) is 72.0 Å². The van der Waals surface area contributed by atoms with Gasteiger partial charge in [0.05, 0.1) is 0 Å². The Bertz CT molecular complexity index is 1320. The van der Waals surface area contributed by atoms with Crippen molar-refractivity contribution in [3.63, 3.8) is 0 Å². The highest BCUT2D eigenvalue weighted by atomic mass is 15.5. The fraction of sp³-hybridized carbons (Fsp3) is 0.222. The van der Waals surface area contributed by atoms with Crippen molar-refractivity contribution in [3.8, 4) is 11.1 Å². The quantitative estimate of drug-likeness (QED) is 0.395. The summed E-state index contributed by atoms with van der Waals surface area (Å²) in [6.07, 6.45) is 7.35. The second kappa shape index (κ2) is 6.63. The van der Waals surface area contributed by atoms with Crippen molar-refractivity contribution in [1.29, 1.82) is 0 Å². The zero-order chi connectivity index (χ0) is 22.0. The lowest BCUT2D eigenvalue weighted by Gasteiger charge is -2.36. The van der Waals surface area contributed by atoms with Gasteiger partial charge in [0.25, 0.3) is 0 Å². The third-order valence-electron chi connectivity index (χ3n) is 6.87. The highest BCUT2D eigenvalue weighted by Crippen LogP contribution is 2.57. The van der Waals surface area contributed by atoms with Gasteiger partial charge in [0.1, 0.15) is 6.17 Å². The van der Waals surface area contributed by atoms with Crippen LogP contribution in [0.15, 0.2) is 73.3 Å². The molecule has 1 atom stereocenters. The van der Waals surface area contributed by atoms with Gasteiger partial charge in [-0.1, -0.05) is 32.0 Å². The van der Waals surface area contributed by atoms with E-state index in [1.54, 1.807) is 12.4 Å². The van der Waals surface area contributed by atoms with Crippen LogP contribution in [0.3, 0.4) is 0 Å². The molecule has 0 spiro atoms. The Balaban J connectivity index is 1.56. The first kappa shape index (κ1) is 19.0. The number of benzene rings is 2. The molecule has 4 aromatic rings. The lowest BCUT2D eigenvalue weighted by atomic mass is 9.83. The van der Waals surface area contributed by atoms with E-state index in [2.05, 4.69) is 91.0 Å². The largest absolute Gasteiger partial charge is 0.301 e. The van der Waals surface area contributed by atoms with E-state index in [-0.39, 0.29) is 11.6 Å². The molecule has 0 bridgehead atoms. The third kappa shape index (κ3) is 2.48. The summed E-state index contributed by atoms with van der Waals surface area (Å²) >= 11 is 0.